The second-order valence-electron chi connectivity index (χ2n) is 4.80. The van der Waals surface area contributed by atoms with Gasteiger partial charge in [-0.05, 0) is 42.7 Å². The SMILES string of the molecule is CCC(N)Cc1ccc(Sc2ccc(F)cc2F)cc1Br. The molecule has 0 saturated carbocycles. The fourth-order valence-corrected chi connectivity index (χ4v) is 3.42. The first kappa shape index (κ1) is 16.5. The van der Waals surface area contributed by atoms with E-state index < -0.39 is 11.6 Å². The summed E-state index contributed by atoms with van der Waals surface area (Å²) >= 11 is 4.79. The molecule has 0 fully saturated rings. The van der Waals surface area contributed by atoms with E-state index in [9.17, 15) is 8.78 Å². The number of halogens is 3. The summed E-state index contributed by atoms with van der Waals surface area (Å²) in [4.78, 5) is 1.29. The van der Waals surface area contributed by atoms with Crippen LogP contribution in [0.4, 0.5) is 8.78 Å². The predicted molar refractivity (Wildman–Crippen MR) is 86.6 cm³/mol. The van der Waals surface area contributed by atoms with E-state index >= 15 is 0 Å². The molecule has 0 aliphatic carbocycles. The van der Waals surface area contributed by atoms with Gasteiger partial charge in [-0.2, -0.15) is 0 Å². The molecule has 0 aromatic heterocycles. The third-order valence-corrected chi connectivity index (χ3v) is 4.93. The predicted octanol–water partition coefficient (Wildman–Crippen LogP) is 5.16. The van der Waals surface area contributed by atoms with Gasteiger partial charge in [-0.25, -0.2) is 8.78 Å². The van der Waals surface area contributed by atoms with Gasteiger partial charge in [0.1, 0.15) is 11.6 Å². The Morgan fingerprint density at radius 2 is 1.95 bits per heavy atom. The van der Waals surface area contributed by atoms with Gasteiger partial charge in [-0.1, -0.05) is 40.7 Å². The van der Waals surface area contributed by atoms with Crippen molar-refractivity contribution in [2.75, 3.05) is 0 Å². The van der Waals surface area contributed by atoms with Crippen LogP contribution < -0.4 is 5.73 Å². The van der Waals surface area contributed by atoms with Gasteiger partial charge >= 0.3 is 0 Å². The van der Waals surface area contributed by atoms with Crippen LogP contribution in [0.15, 0.2) is 50.7 Å². The Labute approximate surface area is 136 Å². The van der Waals surface area contributed by atoms with Crippen molar-refractivity contribution in [2.45, 2.75) is 35.6 Å². The first-order valence-electron chi connectivity index (χ1n) is 6.66. The van der Waals surface area contributed by atoms with E-state index in [0.717, 1.165) is 33.8 Å². The summed E-state index contributed by atoms with van der Waals surface area (Å²) in [5, 5.41) is 0. The number of benzene rings is 2. The summed E-state index contributed by atoms with van der Waals surface area (Å²) in [6.07, 6.45) is 1.72. The molecule has 5 heteroatoms. The highest BCUT2D eigenvalue weighted by Gasteiger charge is 2.09. The average Bonchev–Trinajstić information content (AvgIpc) is 2.44. The lowest BCUT2D eigenvalue weighted by molar-refractivity contribution is 0.565. The molecule has 2 N–H and O–H groups in total. The van der Waals surface area contributed by atoms with E-state index in [0.29, 0.717) is 4.90 Å². The van der Waals surface area contributed by atoms with Gasteiger partial charge in [-0.3, -0.25) is 0 Å². The second kappa shape index (κ2) is 7.38. The van der Waals surface area contributed by atoms with Crippen molar-refractivity contribution in [2.24, 2.45) is 5.73 Å². The lowest BCUT2D eigenvalue weighted by atomic mass is 10.1. The quantitative estimate of drug-likeness (QED) is 0.785. The van der Waals surface area contributed by atoms with Crippen LogP contribution >= 0.6 is 27.7 Å². The van der Waals surface area contributed by atoms with Gasteiger partial charge in [-0.15, -0.1) is 0 Å². The molecule has 0 bridgehead atoms. The van der Waals surface area contributed by atoms with E-state index in [2.05, 4.69) is 22.9 Å². The highest BCUT2D eigenvalue weighted by atomic mass is 79.9. The molecular weight excluding hydrogens is 356 g/mol. The molecule has 1 unspecified atom stereocenters. The molecule has 0 aliphatic heterocycles. The van der Waals surface area contributed by atoms with Crippen molar-refractivity contribution < 1.29 is 8.78 Å². The highest BCUT2D eigenvalue weighted by molar-refractivity contribution is 9.10. The molecule has 21 heavy (non-hydrogen) atoms. The van der Waals surface area contributed by atoms with E-state index in [1.54, 1.807) is 0 Å². The van der Waals surface area contributed by atoms with Crippen LogP contribution in [0.2, 0.25) is 0 Å². The maximum atomic E-state index is 13.6. The molecule has 112 valence electrons. The monoisotopic (exact) mass is 371 g/mol. The topological polar surface area (TPSA) is 26.0 Å². The van der Waals surface area contributed by atoms with Crippen LogP contribution in [0.25, 0.3) is 0 Å². The first-order valence-corrected chi connectivity index (χ1v) is 8.27. The number of nitrogens with two attached hydrogens (primary N) is 1. The van der Waals surface area contributed by atoms with E-state index in [1.165, 1.54) is 23.9 Å². The van der Waals surface area contributed by atoms with Crippen molar-refractivity contribution in [3.8, 4) is 0 Å². The number of rotatable bonds is 5. The lowest BCUT2D eigenvalue weighted by Gasteiger charge is -2.11. The van der Waals surface area contributed by atoms with Gasteiger partial charge in [0.15, 0.2) is 0 Å². The van der Waals surface area contributed by atoms with E-state index in [4.69, 9.17) is 5.73 Å². The average molecular weight is 372 g/mol. The maximum absolute atomic E-state index is 13.6. The van der Waals surface area contributed by atoms with Crippen LogP contribution in [0.5, 0.6) is 0 Å². The molecule has 0 heterocycles. The summed E-state index contributed by atoms with van der Waals surface area (Å²) in [7, 11) is 0. The smallest absolute Gasteiger partial charge is 0.140 e. The van der Waals surface area contributed by atoms with Gasteiger partial charge in [0.05, 0.1) is 0 Å². The van der Waals surface area contributed by atoms with Gasteiger partial charge in [0, 0.05) is 26.4 Å². The molecular formula is C16H16BrF2NS. The highest BCUT2D eigenvalue weighted by Crippen LogP contribution is 2.33. The molecule has 0 amide bonds. The largest absolute Gasteiger partial charge is 0.327 e. The Bertz CT molecular complexity index is 634. The minimum absolute atomic E-state index is 0.134. The van der Waals surface area contributed by atoms with Crippen LogP contribution in [-0.2, 0) is 6.42 Å². The van der Waals surface area contributed by atoms with E-state index in [1.807, 2.05) is 18.2 Å². The van der Waals surface area contributed by atoms with Crippen LogP contribution in [0, 0.1) is 11.6 Å². The molecule has 1 atom stereocenters. The standard InChI is InChI=1S/C16H16BrF2NS/c1-2-12(20)7-10-3-5-13(9-14(10)17)21-16-6-4-11(18)8-15(16)19/h3-6,8-9,12H,2,7,20H2,1H3. The molecule has 0 aliphatic rings. The van der Waals surface area contributed by atoms with Gasteiger partial charge in [0.2, 0.25) is 0 Å². The first-order chi connectivity index (χ1) is 9.99. The Morgan fingerprint density at radius 3 is 2.57 bits per heavy atom. The zero-order chi connectivity index (χ0) is 15.4. The third kappa shape index (κ3) is 4.53. The van der Waals surface area contributed by atoms with Gasteiger partial charge in [0.25, 0.3) is 0 Å². The van der Waals surface area contributed by atoms with Crippen molar-refractivity contribution in [1.29, 1.82) is 0 Å². The second-order valence-corrected chi connectivity index (χ2v) is 6.77. The fraction of sp³-hybridized carbons (Fsp3) is 0.250. The third-order valence-electron chi connectivity index (χ3n) is 3.15. The summed E-state index contributed by atoms with van der Waals surface area (Å²) in [6, 6.07) is 9.59. The van der Waals surface area contributed by atoms with Gasteiger partial charge < -0.3 is 5.73 Å². The van der Waals surface area contributed by atoms with Crippen molar-refractivity contribution in [3.63, 3.8) is 0 Å². The Hall–Kier alpha value is -0.910. The van der Waals surface area contributed by atoms with Crippen molar-refractivity contribution >= 4 is 27.7 Å². The molecule has 0 radical (unpaired) electrons. The fourth-order valence-electron chi connectivity index (χ4n) is 1.87. The van der Waals surface area contributed by atoms with Crippen molar-refractivity contribution in [1.82, 2.24) is 0 Å². The maximum Gasteiger partial charge on any atom is 0.140 e. The molecule has 0 saturated heterocycles. The summed E-state index contributed by atoms with van der Waals surface area (Å²) < 4.78 is 27.5. The number of hydrogen-bond acceptors (Lipinski definition) is 2. The normalized spacial score (nSPS) is 12.4. The zero-order valence-electron chi connectivity index (χ0n) is 11.6. The zero-order valence-corrected chi connectivity index (χ0v) is 14.0. The van der Waals surface area contributed by atoms with E-state index in [-0.39, 0.29) is 6.04 Å². The molecule has 2 aromatic rings. The minimum atomic E-state index is -0.568. The van der Waals surface area contributed by atoms with Crippen LogP contribution in [0.3, 0.4) is 0 Å². The molecule has 0 spiro atoms. The Balaban J connectivity index is 2.16. The molecule has 2 rings (SSSR count). The summed E-state index contributed by atoms with van der Waals surface area (Å²) in [5.74, 6) is -1.12. The molecule has 2 aromatic carbocycles. The van der Waals surface area contributed by atoms with Crippen molar-refractivity contribution in [3.05, 3.63) is 58.1 Å². The minimum Gasteiger partial charge on any atom is -0.327 e. The Kier molecular flexibility index (Phi) is 5.79. The number of hydrogen-bond donors (Lipinski definition) is 1. The lowest BCUT2D eigenvalue weighted by Crippen LogP contribution is -2.21. The van der Waals surface area contributed by atoms with Crippen LogP contribution in [-0.4, -0.2) is 6.04 Å². The molecule has 1 nitrogen and oxygen atoms in total. The van der Waals surface area contributed by atoms with Crippen LogP contribution in [0.1, 0.15) is 18.9 Å². The Morgan fingerprint density at radius 1 is 1.19 bits per heavy atom. The summed E-state index contributed by atoms with van der Waals surface area (Å²) in [6.45, 7) is 2.06. The summed E-state index contributed by atoms with van der Waals surface area (Å²) in [5.41, 5.74) is 7.09.